The van der Waals surface area contributed by atoms with Crippen molar-refractivity contribution in [2.45, 2.75) is 53.5 Å². The third kappa shape index (κ3) is 6.49. The molecule has 0 unspecified atom stereocenters. The highest BCUT2D eigenvalue weighted by molar-refractivity contribution is 4.85. The molecular formula is C14H30N2. The summed E-state index contributed by atoms with van der Waals surface area (Å²) in [6.07, 6.45) is 2.77. The van der Waals surface area contributed by atoms with Gasteiger partial charge in [-0.3, -0.25) is 0 Å². The molecule has 1 N–H and O–H groups in total. The Kier molecular flexibility index (Phi) is 4.42. The van der Waals surface area contributed by atoms with Crippen molar-refractivity contribution in [1.29, 1.82) is 0 Å². The molecule has 0 aliphatic heterocycles. The number of nitrogens with one attached hydrogen (secondary N) is 1. The molecule has 0 aromatic rings. The van der Waals surface area contributed by atoms with E-state index >= 15 is 0 Å². The van der Waals surface area contributed by atoms with Gasteiger partial charge in [0.05, 0.1) is 0 Å². The van der Waals surface area contributed by atoms with E-state index in [1.807, 2.05) is 0 Å². The number of rotatable bonds is 6. The first kappa shape index (κ1) is 14.0. The van der Waals surface area contributed by atoms with Crippen LogP contribution in [0, 0.1) is 10.8 Å². The number of hydrogen-bond donors (Lipinski definition) is 1. The summed E-state index contributed by atoms with van der Waals surface area (Å²) in [5, 5.41) is 3.64. The third-order valence-electron chi connectivity index (χ3n) is 2.89. The average molecular weight is 226 g/mol. The molecular weight excluding hydrogens is 196 g/mol. The largest absolute Gasteiger partial charge is 0.313 e. The standard InChI is InChI=1S/C14H30N2/c1-13(2,3)10-16(6)11-14(4,5)9-15-12-7-8-12/h12,15H,7-11H2,1-6H3. The van der Waals surface area contributed by atoms with Gasteiger partial charge >= 0.3 is 0 Å². The first-order valence-corrected chi connectivity index (χ1v) is 6.60. The van der Waals surface area contributed by atoms with Crippen molar-refractivity contribution in [2.75, 3.05) is 26.7 Å². The van der Waals surface area contributed by atoms with Gasteiger partial charge in [0.2, 0.25) is 0 Å². The number of hydrogen-bond acceptors (Lipinski definition) is 2. The maximum Gasteiger partial charge on any atom is 0.00684 e. The van der Waals surface area contributed by atoms with Crippen LogP contribution >= 0.6 is 0 Å². The van der Waals surface area contributed by atoms with Crippen LogP contribution in [0.15, 0.2) is 0 Å². The normalized spacial score (nSPS) is 18.2. The molecule has 0 heterocycles. The van der Waals surface area contributed by atoms with Gasteiger partial charge in [-0.15, -0.1) is 0 Å². The van der Waals surface area contributed by atoms with E-state index in [1.54, 1.807) is 0 Å². The van der Waals surface area contributed by atoms with Crippen molar-refractivity contribution < 1.29 is 0 Å². The van der Waals surface area contributed by atoms with Crippen molar-refractivity contribution >= 4 is 0 Å². The van der Waals surface area contributed by atoms with Crippen molar-refractivity contribution in [3.8, 4) is 0 Å². The van der Waals surface area contributed by atoms with Crippen molar-refractivity contribution in [3.05, 3.63) is 0 Å². The zero-order chi connectivity index (χ0) is 12.4. The monoisotopic (exact) mass is 226 g/mol. The van der Waals surface area contributed by atoms with Crippen LogP contribution in [0.1, 0.15) is 47.5 Å². The van der Waals surface area contributed by atoms with Gasteiger partial charge < -0.3 is 10.2 Å². The smallest absolute Gasteiger partial charge is 0.00684 e. The maximum absolute atomic E-state index is 3.64. The molecule has 1 rings (SSSR count). The molecule has 2 nitrogen and oxygen atoms in total. The van der Waals surface area contributed by atoms with E-state index in [2.05, 4.69) is 51.9 Å². The molecule has 1 aliphatic rings. The van der Waals surface area contributed by atoms with E-state index in [0.29, 0.717) is 10.8 Å². The van der Waals surface area contributed by atoms with Crippen molar-refractivity contribution in [3.63, 3.8) is 0 Å². The summed E-state index contributed by atoms with van der Waals surface area (Å²) in [6.45, 7) is 15.1. The fraction of sp³-hybridized carbons (Fsp3) is 1.00. The molecule has 2 heteroatoms. The molecule has 0 radical (unpaired) electrons. The molecule has 1 aliphatic carbocycles. The van der Waals surface area contributed by atoms with E-state index in [-0.39, 0.29) is 0 Å². The Morgan fingerprint density at radius 1 is 1.06 bits per heavy atom. The van der Waals surface area contributed by atoms with E-state index < -0.39 is 0 Å². The highest BCUT2D eigenvalue weighted by atomic mass is 15.1. The van der Waals surface area contributed by atoms with Gasteiger partial charge in [-0.25, -0.2) is 0 Å². The zero-order valence-electron chi connectivity index (χ0n) is 12.1. The second-order valence-corrected chi connectivity index (χ2v) is 7.55. The lowest BCUT2D eigenvalue weighted by molar-refractivity contribution is 0.158. The minimum atomic E-state index is 0.378. The molecule has 16 heavy (non-hydrogen) atoms. The Morgan fingerprint density at radius 3 is 2.06 bits per heavy atom. The quantitative estimate of drug-likeness (QED) is 0.749. The van der Waals surface area contributed by atoms with Crippen molar-refractivity contribution in [2.24, 2.45) is 10.8 Å². The molecule has 1 saturated carbocycles. The minimum Gasteiger partial charge on any atom is -0.313 e. The summed E-state index contributed by atoms with van der Waals surface area (Å²) in [5.74, 6) is 0. The molecule has 0 atom stereocenters. The van der Waals surface area contributed by atoms with Crippen LogP contribution in [0.5, 0.6) is 0 Å². The zero-order valence-corrected chi connectivity index (χ0v) is 12.1. The number of nitrogens with zero attached hydrogens (tertiary/aromatic N) is 1. The van der Waals surface area contributed by atoms with Crippen LogP contribution < -0.4 is 5.32 Å². The Hall–Kier alpha value is -0.0800. The van der Waals surface area contributed by atoms with E-state index in [1.165, 1.54) is 25.9 Å². The van der Waals surface area contributed by atoms with Gasteiger partial charge in [0.25, 0.3) is 0 Å². The Bertz CT molecular complexity index is 211. The molecule has 0 saturated heterocycles. The Labute approximate surface area is 102 Å². The molecule has 0 aromatic heterocycles. The molecule has 1 fully saturated rings. The van der Waals surface area contributed by atoms with Gasteiger partial charge in [0, 0.05) is 25.7 Å². The van der Waals surface area contributed by atoms with Crippen LogP contribution in [0.25, 0.3) is 0 Å². The Balaban J connectivity index is 2.26. The molecule has 0 bridgehead atoms. The van der Waals surface area contributed by atoms with Gasteiger partial charge in [-0.2, -0.15) is 0 Å². The lowest BCUT2D eigenvalue weighted by Gasteiger charge is -2.34. The lowest BCUT2D eigenvalue weighted by Crippen LogP contribution is -2.42. The van der Waals surface area contributed by atoms with Gasteiger partial charge in [0.1, 0.15) is 0 Å². The second-order valence-electron chi connectivity index (χ2n) is 7.55. The lowest BCUT2D eigenvalue weighted by atomic mass is 9.90. The van der Waals surface area contributed by atoms with E-state index in [4.69, 9.17) is 0 Å². The van der Waals surface area contributed by atoms with Gasteiger partial charge in [-0.05, 0) is 30.7 Å². The van der Waals surface area contributed by atoms with Crippen LogP contribution in [0.3, 0.4) is 0 Å². The molecule has 0 aromatic carbocycles. The predicted molar refractivity (Wildman–Crippen MR) is 71.8 cm³/mol. The summed E-state index contributed by atoms with van der Waals surface area (Å²) in [4.78, 5) is 2.47. The summed E-state index contributed by atoms with van der Waals surface area (Å²) < 4.78 is 0. The molecule has 0 spiro atoms. The summed E-state index contributed by atoms with van der Waals surface area (Å²) in [6, 6.07) is 0.826. The van der Waals surface area contributed by atoms with Crippen LogP contribution in [0.4, 0.5) is 0 Å². The summed E-state index contributed by atoms with van der Waals surface area (Å²) >= 11 is 0. The van der Waals surface area contributed by atoms with E-state index in [0.717, 1.165) is 12.6 Å². The topological polar surface area (TPSA) is 15.3 Å². The minimum absolute atomic E-state index is 0.378. The third-order valence-corrected chi connectivity index (χ3v) is 2.89. The SMILES string of the molecule is CN(CC(C)(C)C)CC(C)(C)CNC1CC1. The summed E-state index contributed by atoms with van der Waals surface area (Å²) in [7, 11) is 2.24. The molecule has 0 amide bonds. The van der Waals surface area contributed by atoms with Crippen LogP contribution in [-0.4, -0.2) is 37.6 Å². The highest BCUT2D eigenvalue weighted by Crippen LogP contribution is 2.23. The highest BCUT2D eigenvalue weighted by Gasteiger charge is 2.26. The van der Waals surface area contributed by atoms with Crippen molar-refractivity contribution in [1.82, 2.24) is 10.2 Å². The van der Waals surface area contributed by atoms with Gasteiger partial charge in [0.15, 0.2) is 0 Å². The average Bonchev–Trinajstić information content (AvgIpc) is 2.77. The summed E-state index contributed by atoms with van der Waals surface area (Å²) in [5.41, 5.74) is 0.775. The van der Waals surface area contributed by atoms with Crippen LogP contribution in [0.2, 0.25) is 0 Å². The maximum atomic E-state index is 3.64. The van der Waals surface area contributed by atoms with E-state index in [9.17, 15) is 0 Å². The fourth-order valence-electron chi connectivity index (χ4n) is 2.36. The predicted octanol–water partition coefficient (Wildman–Crippen LogP) is 2.74. The van der Waals surface area contributed by atoms with Crippen LogP contribution in [-0.2, 0) is 0 Å². The Morgan fingerprint density at radius 2 is 1.62 bits per heavy atom. The first-order chi connectivity index (χ1) is 7.18. The first-order valence-electron chi connectivity index (χ1n) is 6.60. The second kappa shape index (κ2) is 5.05. The fourth-order valence-corrected chi connectivity index (χ4v) is 2.36. The van der Waals surface area contributed by atoms with Gasteiger partial charge in [-0.1, -0.05) is 34.6 Å². The molecule has 96 valence electrons.